The van der Waals surface area contributed by atoms with E-state index in [-0.39, 0.29) is 29.4 Å². The highest BCUT2D eigenvalue weighted by molar-refractivity contribution is 5.92. The summed E-state index contributed by atoms with van der Waals surface area (Å²) in [6, 6.07) is 15.4. The fraction of sp³-hybridized carbons (Fsp3) is 0.160. The number of esters is 1. The number of hydrogen-bond acceptors (Lipinski definition) is 8. The molecule has 0 spiro atoms. The Morgan fingerprint density at radius 3 is 2.37 bits per heavy atom. The van der Waals surface area contributed by atoms with E-state index in [0.29, 0.717) is 11.3 Å². The van der Waals surface area contributed by atoms with Crippen LogP contribution in [0.1, 0.15) is 27.0 Å². The van der Waals surface area contributed by atoms with E-state index in [0.717, 1.165) is 11.1 Å². The third-order valence-corrected chi connectivity index (χ3v) is 4.80. The molecule has 0 saturated carbocycles. The third kappa shape index (κ3) is 6.87. The Morgan fingerprint density at radius 2 is 1.71 bits per heavy atom. The lowest BCUT2D eigenvalue weighted by Gasteiger charge is -2.10. The number of ether oxygens (including phenoxy) is 3. The van der Waals surface area contributed by atoms with Crippen molar-refractivity contribution in [3.63, 3.8) is 0 Å². The predicted octanol–water partition coefficient (Wildman–Crippen LogP) is 3.97. The molecule has 0 fully saturated rings. The molecule has 180 valence electrons. The second kappa shape index (κ2) is 11.4. The summed E-state index contributed by atoms with van der Waals surface area (Å²) in [6.07, 6.45) is 1.40. The lowest BCUT2D eigenvalue weighted by molar-refractivity contribution is -0.384. The van der Waals surface area contributed by atoms with Crippen molar-refractivity contribution in [2.45, 2.75) is 13.8 Å². The molecule has 1 amide bonds. The van der Waals surface area contributed by atoms with Gasteiger partial charge in [0.05, 0.1) is 23.8 Å². The van der Waals surface area contributed by atoms with Crippen molar-refractivity contribution in [1.82, 2.24) is 5.43 Å². The zero-order valence-corrected chi connectivity index (χ0v) is 19.3. The predicted molar refractivity (Wildman–Crippen MR) is 128 cm³/mol. The van der Waals surface area contributed by atoms with Crippen molar-refractivity contribution >= 4 is 23.8 Å². The summed E-state index contributed by atoms with van der Waals surface area (Å²) in [7, 11) is 1.41. The van der Waals surface area contributed by atoms with Crippen molar-refractivity contribution in [3.8, 4) is 17.2 Å². The average molecular weight is 477 g/mol. The van der Waals surface area contributed by atoms with Crippen LogP contribution in [0.3, 0.4) is 0 Å². The Bertz CT molecular complexity index is 1270. The van der Waals surface area contributed by atoms with Crippen LogP contribution in [0.2, 0.25) is 0 Å². The largest absolute Gasteiger partial charge is 0.493 e. The van der Waals surface area contributed by atoms with E-state index in [1.165, 1.54) is 43.7 Å². The van der Waals surface area contributed by atoms with E-state index in [9.17, 15) is 19.7 Å². The summed E-state index contributed by atoms with van der Waals surface area (Å²) < 4.78 is 16.1. The van der Waals surface area contributed by atoms with Crippen LogP contribution >= 0.6 is 0 Å². The zero-order chi connectivity index (χ0) is 25.4. The minimum Gasteiger partial charge on any atom is -0.493 e. The topological polar surface area (TPSA) is 129 Å². The minimum atomic E-state index is -0.698. The molecule has 0 aliphatic carbocycles. The van der Waals surface area contributed by atoms with Crippen molar-refractivity contribution in [3.05, 3.63) is 93.0 Å². The molecule has 0 aromatic heterocycles. The van der Waals surface area contributed by atoms with E-state index < -0.39 is 16.8 Å². The van der Waals surface area contributed by atoms with Crippen LogP contribution in [0.4, 0.5) is 5.69 Å². The van der Waals surface area contributed by atoms with Gasteiger partial charge in [-0.1, -0.05) is 17.7 Å². The molecule has 0 aliphatic heterocycles. The molecule has 0 heterocycles. The molecular formula is C25H23N3O7. The number of rotatable bonds is 9. The lowest BCUT2D eigenvalue weighted by Crippen LogP contribution is -2.24. The molecule has 0 unspecified atom stereocenters. The standard InChI is InChI=1S/C25H23N3O7/c1-16-4-10-21(17(2)12-16)34-15-24(29)27-26-14-18-5-11-22(23(13-18)33-3)35-25(30)19-6-8-20(9-7-19)28(31)32/h4-14H,15H2,1-3H3,(H,27,29)/b26-14+. The number of hydrogen-bond donors (Lipinski definition) is 1. The maximum atomic E-state index is 12.4. The van der Waals surface area contributed by atoms with Gasteiger partial charge in [-0.15, -0.1) is 0 Å². The number of amides is 1. The molecule has 3 aromatic rings. The van der Waals surface area contributed by atoms with E-state index in [4.69, 9.17) is 14.2 Å². The number of carbonyl (C=O) groups is 2. The zero-order valence-electron chi connectivity index (χ0n) is 19.3. The number of benzene rings is 3. The molecule has 1 N–H and O–H groups in total. The number of aryl methyl sites for hydroxylation is 2. The Balaban J connectivity index is 1.57. The fourth-order valence-electron chi connectivity index (χ4n) is 3.04. The fourth-order valence-corrected chi connectivity index (χ4v) is 3.04. The number of nitrogens with zero attached hydrogens (tertiary/aromatic N) is 2. The summed E-state index contributed by atoms with van der Waals surface area (Å²) in [5, 5.41) is 14.7. The number of nitro benzene ring substituents is 1. The van der Waals surface area contributed by atoms with Crippen LogP contribution in [0.25, 0.3) is 0 Å². The second-order valence-electron chi connectivity index (χ2n) is 7.45. The first kappa shape index (κ1) is 24.9. The summed E-state index contributed by atoms with van der Waals surface area (Å²) in [6.45, 7) is 3.68. The Kier molecular flexibility index (Phi) is 8.12. The van der Waals surface area contributed by atoms with Crippen LogP contribution in [0.15, 0.2) is 65.8 Å². The molecule has 0 bridgehead atoms. The van der Waals surface area contributed by atoms with Gasteiger partial charge in [0.15, 0.2) is 18.1 Å². The highest BCUT2D eigenvalue weighted by Gasteiger charge is 2.14. The van der Waals surface area contributed by atoms with Crippen molar-refractivity contribution in [2.24, 2.45) is 5.10 Å². The van der Waals surface area contributed by atoms with Gasteiger partial charge < -0.3 is 14.2 Å². The van der Waals surface area contributed by atoms with Gasteiger partial charge in [-0.3, -0.25) is 14.9 Å². The number of non-ortho nitro benzene ring substituents is 1. The maximum Gasteiger partial charge on any atom is 0.343 e. The van der Waals surface area contributed by atoms with Crippen molar-refractivity contribution < 1.29 is 28.7 Å². The van der Waals surface area contributed by atoms with Crippen LogP contribution in [-0.4, -0.2) is 36.7 Å². The van der Waals surface area contributed by atoms with Crippen molar-refractivity contribution in [2.75, 3.05) is 13.7 Å². The van der Waals surface area contributed by atoms with Gasteiger partial charge in [0.1, 0.15) is 5.75 Å². The first-order chi connectivity index (χ1) is 16.8. The van der Waals surface area contributed by atoms with Gasteiger partial charge in [0.25, 0.3) is 11.6 Å². The highest BCUT2D eigenvalue weighted by Crippen LogP contribution is 2.28. The average Bonchev–Trinajstić information content (AvgIpc) is 2.84. The van der Waals surface area contributed by atoms with E-state index in [2.05, 4.69) is 10.5 Å². The molecule has 3 aromatic carbocycles. The molecule has 10 heteroatoms. The summed E-state index contributed by atoms with van der Waals surface area (Å²) in [5.41, 5.74) is 5.01. The van der Waals surface area contributed by atoms with E-state index in [1.54, 1.807) is 12.1 Å². The third-order valence-electron chi connectivity index (χ3n) is 4.80. The molecule has 35 heavy (non-hydrogen) atoms. The molecule has 0 radical (unpaired) electrons. The highest BCUT2D eigenvalue weighted by atomic mass is 16.6. The molecule has 0 saturated heterocycles. The van der Waals surface area contributed by atoms with Crippen molar-refractivity contribution in [1.29, 1.82) is 0 Å². The molecular weight excluding hydrogens is 454 g/mol. The van der Waals surface area contributed by atoms with E-state index >= 15 is 0 Å². The Morgan fingerprint density at radius 1 is 1.00 bits per heavy atom. The Hall–Kier alpha value is -4.73. The van der Waals surface area contributed by atoms with Crippen LogP contribution in [0, 0.1) is 24.0 Å². The maximum absolute atomic E-state index is 12.4. The quantitative estimate of drug-likeness (QED) is 0.162. The molecule has 10 nitrogen and oxygen atoms in total. The van der Waals surface area contributed by atoms with Gasteiger partial charge >= 0.3 is 5.97 Å². The molecule has 0 atom stereocenters. The Labute approximate surface area is 201 Å². The molecule has 0 aliphatic rings. The van der Waals surface area contributed by atoms with Gasteiger partial charge in [-0.05, 0) is 61.4 Å². The first-order valence-corrected chi connectivity index (χ1v) is 10.4. The summed E-state index contributed by atoms with van der Waals surface area (Å²) >= 11 is 0. The first-order valence-electron chi connectivity index (χ1n) is 10.4. The van der Waals surface area contributed by atoms with Gasteiger partial charge in [-0.25, -0.2) is 10.2 Å². The lowest BCUT2D eigenvalue weighted by atomic mass is 10.1. The smallest absolute Gasteiger partial charge is 0.343 e. The van der Waals surface area contributed by atoms with Gasteiger partial charge in [0, 0.05) is 12.1 Å². The number of nitrogens with one attached hydrogen (secondary N) is 1. The monoisotopic (exact) mass is 477 g/mol. The summed E-state index contributed by atoms with van der Waals surface area (Å²) in [4.78, 5) is 34.6. The molecule has 3 rings (SSSR count). The number of carbonyl (C=O) groups excluding carboxylic acids is 2. The van der Waals surface area contributed by atoms with Gasteiger partial charge in [-0.2, -0.15) is 5.10 Å². The second-order valence-corrected chi connectivity index (χ2v) is 7.45. The van der Waals surface area contributed by atoms with E-state index in [1.807, 2.05) is 32.0 Å². The van der Waals surface area contributed by atoms with Crippen LogP contribution in [-0.2, 0) is 4.79 Å². The summed E-state index contributed by atoms with van der Waals surface area (Å²) in [5.74, 6) is -0.0940. The minimum absolute atomic E-state index is 0.133. The van der Waals surface area contributed by atoms with Crippen LogP contribution < -0.4 is 19.6 Å². The normalized spacial score (nSPS) is 10.6. The van der Waals surface area contributed by atoms with Crippen LogP contribution in [0.5, 0.6) is 17.2 Å². The SMILES string of the molecule is COc1cc(/C=N/NC(=O)COc2ccc(C)cc2C)ccc1OC(=O)c1ccc([N+](=O)[O-])cc1. The number of hydrazone groups is 1. The number of methoxy groups -OCH3 is 1. The van der Waals surface area contributed by atoms with Gasteiger partial charge in [0.2, 0.25) is 0 Å². The number of nitro groups is 1.